The van der Waals surface area contributed by atoms with Crippen LogP contribution >= 0.6 is 0 Å². The second-order valence-electron chi connectivity index (χ2n) is 6.48. The van der Waals surface area contributed by atoms with Gasteiger partial charge in [0.2, 0.25) is 5.95 Å². The van der Waals surface area contributed by atoms with Crippen LogP contribution in [0.5, 0.6) is 0 Å². The lowest BCUT2D eigenvalue weighted by molar-refractivity contribution is 0.311. The minimum atomic E-state index is -0.305. The largest absolute Gasteiger partial charge is 0.338 e. The summed E-state index contributed by atoms with van der Waals surface area (Å²) in [5.41, 5.74) is 1.63. The maximum atomic E-state index is 13.1. The smallest absolute Gasteiger partial charge is 0.270 e. The van der Waals surface area contributed by atoms with Gasteiger partial charge in [0.15, 0.2) is 5.65 Å². The van der Waals surface area contributed by atoms with Crippen molar-refractivity contribution in [1.82, 2.24) is 24.4 Å². The standard InChI is InChI=1S/C18H19FN6O/c1-23-6-8-24(9-7-23)18-21-10-15-17(22-18)25(16(26)11-20-15)12-13-2-4-14(19)5-3-13/h2-5,10-11H,6-9,12H2,1H3. The second-order valence-corrected chi connectivity index (χ2v) is 6.48. The van der Waals surface area contributed by atoms with Gasteiger partial charge in [-0.05, 0) is 24.7 Å². The fraction of sp³-hybridized carbons (Fsp3) is 0.333. The molecule has 3 aromatic rings. The van der Waals surface area contributed by atoms with Gasteiger partial charge in [0.1, 0.15) is 11.3 Å². The van der Waals surface area contributed by atoms with Crippen LogP contribution in [-0.4, -0.2) is 57.6 Å². The van der Waals surface area contributed by atoms with E-state index >= 15 is 0 Å². The zero-order chi connectivity index (χ0) is 18.1. The van der Waals surface area contributed by atoms with Gasteiger partial charge in [-0.25, -0.2) is 14.4 Å². The quantitative estimate of drug-likeness (QED) is 0.702. The topological polar surface area (TPSA) is 67.2 Å². The number of aromatic nitrogens is 4. The van der Waals surface area contributed by atoms with E-state index in [9.17, 15) is 9.18 Å². The molecule has 2 aromatic heterocycles. The van der Waals surface area contributed by atoms with Crippen LogP contribution < -0.4 is 10.5 Å². The summed E-state index contributed by atoms with van der Waals surface area (Å²) in [6.45, 7) is 3.86. The van der Waals surface area contributed by atoms with Crippen LogP contribution in [0.4, 0.5) is 10.3 Å². The molecule has 0 N–H and O–H groups in total. The highest BCUT2D eigenvalue weighted by molar-refractivity contribution is 5.70. The Morgan fingerprint density at radius 1 is 1.04 bits per heavy atom. The number of rotatable bonds is 3. The first kappa shape index (κ1) is 16.6. The molecular weight excluding hydrogens is 335 g/mol. The van der Waals surface area contributed by atoms with E-state index in [2.05, 4.69) is 31.8 Å². The van der Waals surface area contributed by atoms with Crippen molar-refractivity contribution in [2.24, 2.45) is 0 Å². The molecule has 1 fully saturated rings. The van der Waals surface area contributed by atoms with E-state index < -0.39 is 0 Å². The molecule has 1 aromatic carbocycles. The Bertz CT molecular complexity index is 979. The van der Waals surface area contributed by atoms with Crippen LogP contribution in [0.2, 0.25) is 0 Å². The lowest BCUT2D eigenvalue weighted by atomic mass is 10.2. The van der Waals surface area contributed by atoms with Gasteiger partial charge in [0, 0.05) is 26.2 Å². The zero-order valence-corrected chi connectivity index (χ0v) is 14.5. The lowest BCUT2D eigenvalue weighted by Gasteiger charge is -2.32. The number of anilines is 1. The van der Waals surface area contributed by atoms with Crippen molar-refractivity contribution in [3.8, 4) is 0 Å². The molecule has 0 saturated carbocycles. The van der Waals surface area contributed by atoms with Crippen molar-refractivity contribution in [3.63, 3.8) is 0 Å². The summed E-state index contributed by atoms with van der Waals surface area (Å²) >= 11 is 0. The first-order valence-electron chi connectivity index (χ1n) is 8.51. The van der Waals surface area contributed by atoms with E-state index in [1.54, 1.807) is 22.9 Å². The van der Waals surface area contributed by atoms with E-state index in [1.807, 2.05) is 0 Å². The van der Waals surface area contributed by atoms with Gasteiger partial charge in [-0.1, -0.05) is 12.1 Å². The summed E-state index contributed by atoms with van der Waals surface area (Å²) in [5.74, 6) is 0.297. The van der Waals surface area contributed by atoms with E-state index in [-0.39, 0.29) is 11.4 Å². The average molecular weight is 354 g/mol. The highest BCUT2D eigenvalue weighted by atomic mass is 19.1. The van der Waals surface area contributed by atoms with Crippen LogP contribution in [0.3, 0.4) is 0 Å². The Labute approximate surface area is 149 Å². The number of likely N-dealkylation sites (N-methyl/N-ethyl adjacent to an activating group) is 1. The molecule has 0 amide bonds. The average Bonchev–Trinajstić information content (AvgIpc) is 2.66. The molecule has 3 heterocycles. The Kier molecular flexibility index (Phi) is 4.34. The van der Waals surface area contributed by atoms with Crippen molar-refractivity contribution in [3.05, 3.63) is 58.4 Å². The molecule has 0 unspecified atom stereocenters. The molecule has 4 rings (SSSR count). The van der Waals surface area contributed by atoms with Gasteiger partial charge >= 0.3 is 0 Å². The third-order valence-electron chi connectivity index (χ3n) is 4.61. The van der Waals surface area contributed by atoms with Gasteiger partial charge in [0.25, 0.3) is 5.56 Å². The van der Waals surface area contributed by atoms with Gasteiger partial charge in [-0.2, -0.15) is 4.98 Å². The highest BCUT2D eigenvalue weighted by Gasteiger charge is 2.18. The van der Waals surface area contributed by atoms with Crippen LogP contribution in [0.1, 0.15) is 5.56 Å². The second kappa shape index (κ2) is 6.80. The maximum Gasteiger partial charge on any atom is 0.270 e. The molecule has 1 aliphatic rings. The Morgan fingerprint density at radius 3 is 2.50 bits per heavy atom. The number of benzene rings is 1. The molecule has 26 heavy (non-hydrogen) atoms. The van der Waals surface area contributed by atoms with Crippen molar-refractivity contribution < 1.29 is 4.39 Å². The number of hydrogen-bond donors (Lipinski definition) is 0. The molecule has 0 bridgehead atoms. The van der Waals surface area contributed by atoms with Gasteiger partial charge in [-0.3, -0.25) is 9.36 Å². The minimum Gasteiger partial charge on any atom is -0.338 e. The fourth-order valence-electron chi connectivity index (χ4n) is 3.03. The fourth-order valence-corrected chi connectivity index (χ4v) is 3.03. The van der Waals surface area contributed by atoms with Crippen LogP contribution in [-0.2, 0) is 6.54 Å². The van der Waals surface area contributed by atoms with Gasteiger partial charge < -0.3 is 9.80 Å². The van der Waals surface area contributed by atoms with Crippen molar-refractivity contribution in [2.75, 3.05) is 38.1 Å². The van der Waals surface area contributed by atoms with E-state index in [0.717, 1.165) is 31.7 Å². The van der Waals surface area contributed by atoms with E-state index in [0.29, 0.717) is 23.7 Å². The Morgan fingerprint density at radius 2 is 1.77 bits per heavy atom. The molecule has 7 nitrogen and oxygen atoms in total. The van der Waals surface area contributed by atoms with Crippen LogP contribution in [0.25, 0.3) is 11.2 Å². The third-order valence-corrected chi connectivity index (χ3v) is 4.61. The first-order chi connectivity index (χ1) is 12.6. The molecule has 0 radical (unpaired) electrons. The number of fused-ring (bicyclic) bond motifs is 1. The van der Waals surface area contributed by atoms with E-state index in [1.165, 1.54) is 18.3 Å². The summed E-state index contributed by atoms with van der Waals surface area (Å²) in [5, 5.41) is 0. The lowest BCUT2D eigenvalue weighted by Crippen LogP contribution is -2.45. The van der Waals surface area contributed by atoms with Crippen molar-refractivity contribution in [2.45, 2.75) is 6.54 Å². The number of halogens is 1. The highest BCUT2D eigenvalue weighted by Crippen LogP contribution is 2.15. The molecule has 8 heteroatoms. The summed E-state index contributed by atoms with van der Waals surface area (Å²) in [6, 6.07) is 6.09. The predicted octanol–water partition coefficient (Wildman–Crippen LogP) is 1.13. The molecule has 1 aliphatic heterocycles. The molecule has 0 aliphatic carbocycles. The predicted molar refractivity (Wildman–Crippen MR) is 96.8 cm³/mol. The van der Waals surface area contributed by atoms with Crippen LogP contribution in [0.15, 0.2) is 41.5 Å². The number of nitrogens with zero attached hydrogens (tertiary/aromatic N) is 6. The summed E-state index contributed by atoms with van der Waals surface area (Å²) in [6.07, 6.45) is 2.92. The minimum absolute atomic E-state index is 0.246. The third kappa shape index (κ3) is 3.28. The molecule has 0 spiro atoms. The SMILES string of the molecule is CN1CCN(c2ncc3ncc(=O)n(Cc4ccc(F)cc4)c3n2)CC1. The Balaban J connectivity index is 1.73. The number of hydrogen-bond acceptors (Lipinski definition) is 6. The molecule has 1 saturated heterocycles. The van der Waals surface area contributed by atoms with Gasteiger partial charge in [0.05, 0.1) is 18.9 Å². The zero-order valence-electron chi connectivity index (χ0n) is 14.5. The van der Waals surface area contributed by atoms with Gasteiger partial charge in [-0.15, -0.1) is 0 Å². The van der Waals surface area contributed by atoms with Crippen LogP contribution in [0, 0.1) is 5.82 Å². The first-order valence-corrected chi connectivity index (χ1v) is 8.51. The van der Waals surface area contributed by atoms with Crippen molar-refractivity contribution >= 4 is 17.1 Å². The van der Waals surface area contributed by atoms with E-state index in [4.69, 9.17) is 0 Å². The molecule has 134 valence electrons. The molecular formula is C18H19FN6O. The number of piperazine rings is 1. The summed E-state index contributed by atoms with van der Waals surface area (Å²) in [4.78, 5) is 29.9. The summed E-state index contributed by atoms with van der Waals surface area (Å²) in [7, 11) is 2.09. The maximum absolute atomic E-state index is 13.1. The Hall–Kier alpha value is -2.87. The summed E-state index contributed by atoms with van der Waals surface area (Å²) < 4.78 is 14.7. The normalized spacial score (nSPS) is 15.5. The molecule has 0 atom stereocenters. The van der Waals surface area contributed by atoms with Crippen molar-refractivity contribution in [1.29, 1.82) is 0 Å². The monoisotopic (exact) mass is 354 g/mol.